The van der Waals surface area contributed by atoms with Gasteiger partial charge in [0.15, 0.2) is 0 Å². The van der Waals surface area contributed by atoms with Gasteiger partial charge >= 0.3 is 0 Å². The second-order valence-electron chi connectivity index (χ2n) is 8.21. The highest BCUT2D eigenvalue weighted by molar-refractivity contribution is 8.00. The summed E-state index contributed by atoms with van der Waals surface area (Å²) in [5.41, 5.74) is 1.52. The first-order chi connectivity index (χ1) is 13.8. The Morgan fingerprint density at radius 1 is 0.793 bits per heavy atom. The fraction of sp³-hybridized carbons (Fsp3) is 0.250. The molecule has 0 aliphatic rings. The van der Waals surface area contributed by atoms with E-state index in [2.05, 4.69) is 10.6 Å². The monoisotopic (exact) mass is 406 g/mol. The van der Waals surface area contributed by atoms with Crippen molar-refractivity contribution in [3.63, 3.8) is 0 Å². The van der Waals surface area contributed by atoms with Gasteiger partial charge in [0.1, 0.15) is 0 Å². The molecule has 0 unspecified atom stereocenters. The minimum absolute atomic E-state index is 0.00710. The molecule has 3 rings (SSSR count). The quantitative estimate of drug-likeness (QED) is 0.498. The third-order valence-electron chi connectivity index (χ3n) is 4.23. The van der Waals surface area contributed by atoms with Crippen LogP contribution in [0.15, 0.2) is 71.6 Å². The molecule has 0 heterocycles. The Morgan fingerprint density at radius 2 is 1.41 bits per heavy atom. The number of carbonyl (C=O) groups is 2. The molecule has 0 atom stereocenters. The summed E-state index contributed by atoms with van der Waals surface area (Å²) in [6, 6.07) is 21.5. The third-order valence-corrected chi connectivity index (χ3v) is 5.24. The van der Waals surface area contributed by atoms with Crippen molar-refractivity contribution in [2.45, 2.75) is 32.1 Å². The number of fused-ring (bicyclic) bond motifs is 1. The molecule has 4 nitrogen and oxygen atoms in total. The van der Waals surface area contributed by atoms with Gasteiger partial charge in [0, 0.05) is 22.7 Å². The van der Waals surface area contributed by atoms with E-state index < -0.39 is 0 Å². The van der Waals surface area contributed by atoms with E-state index in [1.165, 1.54) is 11.8 Å². The van der Waals surface area contributed by atoms with E-state index in [1.54, 1.807) is 0 Å². The lowest BCUT2D eigenvalue weighted by Gasteiger charge is -2.17. The fourth-order valence-electron chi connectivity index (χ4n) is 2.93. The second kappa shape index (κ2) is 9.14. The Bertz CT molecular complexity index is 1010. The maximum Gasteiger partial charge on any atom is 0.234 e. The number of carbonyl (C=O) groups excluding carboxylic acids is 2. The number of thioether (sulfide) groups is 1. The molecule has 5 heteroatoms. The van der Waals surface area contributed by atoms with Gasteiger partial charge in [0.2, 0.25) is 11.8 Å². The van der Waals surface area contributed by atoms with Crippen LogP contribution in [-0.2, 0) is 9.59 Å². The Kier molecular flexibility index (Phi) is 6.60. The predicted molar refractivity (Wildman–Crippen MR) is 122 cm³/mol. The summed E-state index contributed by atoms with van der Waals surface area (Å²) < 4.78 is 0. The topological polar surface area (TPSA) is 58.2 Å². The van der Waals surface area contributed by atoms with Crippen LogP contribution >= 0.6 is 11.8 Å². The zero-order valence-corrected chi connectivity index (χ0v) is 17.8. The van der Waals surface area contributed by atoms with Gasteiger partial charge in [-0.3, -0.25) is 9.59 Å². The van der Waals surface area contributed by atoms with Gasteiger partial charge in [0.25, 0.3) is 0 Å². The molecular weight excluding hydrogens is 380 g/mol. The van der Waals surface area contributed by atoms with Gasteiger partial charge in [-0.05, 0) is 52.6 Å². The minimum atomic E-state index is -0.0483. The lowest BCUT2D eigenvalue weighted by molar-refractivity contribution is -0.118. The average Bonchev–Trinajstić information content (AvgIpc) is 2.66. The van der Waals surface area contributed by atoms with Crippen molar-refractivity contribution in [1.29, 1.82) is 0 Å². The van der Waals surface area contributed by atoms with Gasteiger partial charge in [-0.2, -0.15) is 0 Å². The molecule has 0 aliphatic carbocycles. The smallest absolute Gasteiger partial charge is 0.234 e. The Hall–Kier alpha value is -2.79. The second-order valence-corrected chi connectivity index (χ2v) is 9.26. The number of hydrogen-bond donors (Lipinski definition) is 2. The number of hydrogen-bond acceptors (Lipinski definition) is 3. The number of rotatable bonds is 6. The van der Waals surface area contributed by atoms with Crippen LogP contribution in [0.5, 0.6) is 0 Å². The van der Waals surface area contributed by atoms with E-state index in [0.29, 0.717) is 12.2 Å². The summed E-state index contributed by atoms with van der Waals surface area (Å²) in [5.74, 6) is 0.281. The molecule has 150 valence electrons. The third kappa shape index (κ3) is 6.64. The summed E-state index contributed by atoms with van der Waals surface area (Å²) in [5, 5.41) is 8.10. The zero-order chi connectivity index (χ0) is 20.9. The largest absolute Gasteiger partial charge is 0.326 e. The van der Waals surface area contributed by atoms with Gasteiger partial charge in [-0.25, -0.2) is 0 Å². The van der Waals surface area contributed by atoms with E-state index in [9.17, 15) is 9.59 Å². The van der Waals surface area contributed by atoms with Crippen LogP contribution in [0.2, 0.25) is 0 Å². The Labute approximate surface area is 176 Å². The first kappa shape index (κ1) is 20.9. The van der Waals surface area contributed by atoms with Crippen molar-refractivity contribution in [3.05, 3.63) is 66.7 Å². The number of benzene rings is 3. The maximum atomic E-state index is 12.3. The molecule has 29 heavy (non-hydrogen) atoms. The van der Waals surface area contributed by atoms with Crippen LogP contribution in [0.4, 0.5) is 11.4 Å². The Balaban J connectivity index is 1.50. The molecule has 3 aromatic carbocycles. The molecular formula is C24H26N2O2S. The summed E-state index contributed by atoms with van der Waals surface area (Å²) in [7, 11) is 0. The molecule has 0 saturated heterocycles. The summed E-state index contributed by atoms with van der Waals surface area (Å²) in [6.45, 7) is 6.11. The maximum absolute atomic E-state index is 12.3. The fourth-order valence-corrected chi connectivity index (χ4v) is 3.63. The lowest BCUT2D eigenvalue weighted by Crippen LogP contribution is -2.19. The number of nitrogens with one attached hydrogen (secondary N) is 2. The summed E-state index contributed by atoms with van der Waals surface area (Å²) in [4.78, 5) is 25.3. The average molecular weight is 407 g/mol. The number of amides is 2. The molecule has 0 radical (unpaired) electrons. The first-order valence-electron chi connectivity index (χ1n) is 9.60. The molecule has 2 N–H and O–H groups in total. The van der Waals surface area contributed by atoms with Crippen LogP contribution < -0.4 is 10.6 Å². The van der Waals surface area contributed by atoms with Crippen LogP contribution in [0, 0.1) is 5.41 Å². The van der Waals surface area contributed by atoms with Gasteiger partial charge < -0.3 is 10.6 Å². The van der Waals surface area contributed by atoms with Crippen molar-refractivity contribution in [2.75, 3.05) is 16.4 Å². The van der Waals surface area contributed by atoms with Crippen molar-refractivity contribution >= 4 is 45.7 Å². The van der Waals surface area contributed by atoms with Crippen molar-refractivity contribution in [2.24, 2.45) is 5.41 Å². The minimum Gasteiger partial charge on any atom is -0.326 e. The van der Waals surface area contributed by atoms with E-state index in [0.717, 1.165) is 27.0 Å². The molecule has 0 bridgehead atoms. The first-order valence-corrected chi connectivity index (χ1v) is 10.6. The van der Waals surface area contributed by atoms with E-state index in [4.69, 9.17) is 0 Å². The van der Waals surface area contributed by atoms with Gasteiger partial charge in [-0.1, -0.05) is 51.1 Å². The lowest BCUT2D eigenvalue weighted by atomic mass is 9.92. The van der Waals surface area contributed by atoms with E-state index in [1.807, 2.05) is 87.5 Å². The highest BCUT2D eigenvalue weighted by atomic mass is 32.2. The van der Waals surface area contributed by atoms with Crippen LogP contribution in [0.25, 0.3) is 10.8 Å². The molecule has 2 amide bonds. The highest BCUT2D eigenvalue weighted by Crippen LogP contribution is 2.23. The van der Waals surface area contributed by atoms with E-state index in [-0.39, 0.29) is 17.2 Å². The van der Waals surface area contributed by atoms with Gasteiger partial charge in [-0.15, -0.1) is 11.8 Å². The van der Waals surface area contributed by atoms with Crippen molar-refractivity contribution in [1.82, 2.24) is 0 Å². The molecule has 0 spiro atoms. The van der Waals surface area contributed by atoms with Gasteiger partial charge in [0.05, 0.1) is 5.75 Å². The van der Waals surface area contributed by atoms with Crippen LogP contribution in [0.1, 0.15) is 27.2 Å². The SMILES string of the molecule is CC(C)(C)CC(=O)Nc1ccc(SCC(=O)Nc2ccc3ccccc3c2)cc1. The highest BCUT2D eigenvalue weighted by Gasteiger charge is 2.15. The summed E-state index contributed by atoms with van der Waals surface area (Å²) >= 11 is 1.46. The number of anilines is 2. The zero-order valence-electron chi connectivity index (χ0n) is 17.0. The van der Waals surface area contributed by atoms with Crippen molar-refractivity contribution in [3.8, 4) is 0 Å². The predicted octanol–water partition coefficient (Wildman–Crippen LogP) is 5.95. The van der Waals surface area contributed by atoms with E-state index >= 15 is 0 Å². The molecule has 0 fully saturated rings. The standard InChI is InChI=1S/C24H26N2O2S/c1-24(2,3)15-22(27)25-19-10-12-21(13-11-19)29-16-23(28)26-20-9-8-17-6-4-5-7-18(17)14-20/h4-14H,15-16H2,1-3H3,(H,25,27)(H,26,28). The van der Waals surface area contributed by atoms with Crippen LogP contribution in [0.3, 0.4) is 0 Å². The molecule has 0 saturated carbocycles. The van der Waals surface area contributed by atoms with Crippen molar-refractivity contribution < 1.29 is 9.59 Å². The molecule has 0 aromatic heterocycles. The Morgan fingerprint density at radius 3 is 2.10 bits per heavy atom. The molecule has 0 aliphatic heterocycles. The molecule has 3 aromatic rings. The van der Waals surface area contributed by atoms with Crippen LogP contribution in [-0.4, -0.2) is 17.6 Å². The summed E-state index contributed by atoms with van der Waals surface area (Å²) in [6.07, 6.45) is 0.471. The normalized spacial score (nSPS) is 11.3.